The fraction of sp³-hybridized carbons (Fsp3) is 0. The van der Waals surface area contributed by atoms with Gasteiger partial charge in [-0.2, -0.15) is 0 Å². The van der Waals surface area contributed by atoms with Crippen molar-refractivity contribution in [2.24, 2.45) is 0 Å². The number of fused-ring (bicyclic) bond motifs is 12. The van der Waals surface area contributed by atoms with Crippen LogP contribution >= 0.6 is 11.3 Å². The molecule has 0 atom stereocenters. The van der Waals surface area contributed by atoms with Crippen LogP contribution in [0.2, 0.25) is 0 Å². The molecule has 0 bridgehead atoms. The molecule has 3 aromatic heterocycles. The van der Waals surface area contributed by atoms with E-state index in [0.29, 0.717) is 5.42 Å². The van der Waals surface area contributed by atoms with E-state index in [4.69, 9.17) is 8.83 Å². The average molecular weight is 669 g/mol. The predicted molar refractivity (Wildman–Crippen MR) is 219 cm³/mol. The summed E-state index contributed by atoms with van der Waals surface area (Å²) in [6.45, 7) is 8.87. The van der Waals surface area contributed by atoms with Crippen LogP contribution in [-0.2, 0) is 0 Å². The Morgan fingerprint density at radius 3 is 1.90 bits per heavy atom. The Morgan fingerprint density at radius 1 is 0.529 bits per heavy atom. The zero-order valence-electron chi connectivity index (χ0n) is 27.5. The fourth-order valence-electron chi connectivity index (χ4n) is 8.32. The summed E-state index contributed by atoms with van der Waals surface area (Å²) in [6.07, 6.45) is 2.14. The Balaban J connectivity index is 1.17. The lowest BCUT2D eigenvalue weighted by Gasteiger charge is -2.17. The summed E-state index contributed by atoms with van der Waals surface area (Å²) in [5.41, 5.74) is 7.81. The normalized spacial score (nSPS) is 12.6. The predicted octanol–water partition coefficient (Wildman–Crippen LogP) is 12.7. The van der Waals surface area contributed by atoms with Gasteiger partial charge in [0.2, 0.25) is 0 Å². The standard InChI is InChI=1S/C48H28O2S/c1-27(25-38-28(2)49-40-17-9-7-11-31(38)40)44-32-12-3-5-14-34(32)45(35-15-6-4-13-33(35)44)30-21-24-43-39(26-30)36-22-19-29-20-23-42-47(46(29)48(36)51-43)37-16-8-10-18-41(37)50-42/h3-26H,1-2H2/b38-25+. The molecule has 11 aromatic rings. The second-order valence-corrected chi connectivity index (χ2v) is 14.4. The minimum atomic E-state index is 0.647. The van der Waals surface area contributed by atoms with Crippen LogP contribution in [0.1, 0.15) is 5.56 Å². The molecule has 0 spiro atoms. The van der Waals surface area contributed by atoms with Crippen molar-refractivity contribution < 1.29 is 8.83 Å². The maximum absolute atomic E-state index is 6.31. The van der Waals surface area contributed by atoms with Gasteiger partial charge in [0.05, 0.1) is 0 Å². The van der Waals surface area contributed by atoms with Crippen LogP contribution in [0.3, 0.4) is 0 Å². The van der Waals surface area contributed by atoms with E-state index >= 15 is 0 Å². The molecule has 8 aromatic carbocycles. The summed E-state index contributed by atoms with van der Waals surface area (Å²) < 4.78 is 14.9. The van der Waals surface area contributed by atoms with Gasteiger partial charge in [0.1, 0.15) is 22.2 Å². The molecule has 0 saturated carbocycles. The summed E-state index contributed by atoms with van der Waals surface area (Å²) in [5.74, 6) is 0. The number of rotatable bonds is 3. The van der Waals surface area contributed by atoms with Gasteiger partial charge in [0.15, 0.2) is 0 Å². The second-order valence-electron chi connectivity index (χ2n) is 13.3. The summed E-state index contributed by atoms with van der Waals surface area (Å²) in [7, 11) is 0. The molecular formula is C48H28O2S. The highest BCUT2D eigenvalue weighted by atomic mass is 32.1. The van der Waals surface area contributed by atoms with Gasteiger partial charge >= 0.3 is 0 Å². The molecule has 0 aliphatic rings. The van der Waals surface area contributed by atoms with E-state index in [-0.39, 0.29) is 0 Å². The molecule has 3 heterocycles. The van der Waals surface area contributed by atoms with E-state index in [1.54, 1.807) is 0 Å². The van der Waals surface area contributed by atoms with Gasteiger partial charge in [-0.05, 0) is 85.6 Å². The van der Waals surface area contributed by atoms with Gasteiger partial charge in [-0.1, -0.05) is 122 Å². The second kappa shape index (κ2) is 10.5. The minimum absolute atomic E-state index is 0.647. The van der Waals surface area contributed by atoms with Crippen molar-refractivity contribution in [1.29, 1.82) is 0 Å². The van der Waals surface area contributed by atoms with Crippen molar-refractivity contribution in [2.45, 2.75) is 0 Å². The SMILES string of the molecule is C=C(/C=c1\c(=C)oc2ccccc12)c1c2ccccc2c(-c2ccc3sc4c(ccc5ccc6oc7ccccc7c6c54)c3c2)c2ccccc12. The van der Waals surface area contributed by atoms with Crippen molar-refractivity contribution in [3.63, 3.8) is 0 Å². The van der Waals surface area contributed by atoms with Crippen LogP contribution in [0.15, 0.2) is 155 Å². The first-order valence-electron chi connectivity index (χ1n) is 17.1. The van der Waals surface area contributed by atoms with Gasteiger partial charge < -0.3 is 8.83 Å². The molecule has 0 N–H and O–H groups in total. The summed E-state index contributed by atoms with van der Waals surface area (Å²) in [5, 5.41) is 14.1. The number of hydrogen-bond donors (Lipinski definition) is 0. The van der Waals surface area contributed by atoms with Crippen LogP contribution < -0.4 is 10.6 Å². The maximum atomic E-state index is 6.31. The van der Waals surface area contributed by atoms with Gasteiger partial charge in [0, 0.05) is 46.9 Å². The molecule has 0 radical (unpaired) electrons. The number of thiophene rings is 1. The van der Waals surface area contributed by atoms with Crippen LogP contribution in [0.5, 0.6) is 0 Å². The van der Waals surface area contributed by atoms with Gasteiger partial charge in [-0.3, -0.25) is 0 Å². The minimum Gasteiger partial charge on any atom is -0.457 e. The number of hydrogen-bond acceptors (Lipinski definition) is 3. The van der Waals surface area contributed by atoms with Crippen molar-refractivity contribution in [1.82, 2.24) is 0 Å². The Bertz CT molecular complexity index is 3350. The van der Waals surface area contributed by atoms with Crippen LogP contribution in [0.4, 0.5) is 0 Å². The van der Waals surface area contributed by atoms with Crippen molar-refractivity contribution in [3.8, 4) is 11.1 Å². The topological polar surface area (TPSA) is 26.3 Å². The van der Waals surface area contributed by atoms with Crippen LogP contribution in [0, 0.1) is 0 Å². The van der Waals surface area contributed by atoms with Gasteiger partial charge in [-0.15, -0.1) is 11.3 Å². The van der Waals surface area contributed by atoms with E-state index < -0.39 is 0 Å². The molecule has 0 amide bonds. The number of allylic oxidation sites excluding steroid dienone is 1. The largest absolute Gasteiger partial charge is 0.457 e. The van der Waals surface area contributed by atoms with E-state index in [1.165, 1.54) is 69.0 Å². The van der Waals surface area contributed by atoms with Crippen LogP contribution in [0.25, 0.3) is 115 Å². The Kier molecular flexibility index (Phi) is 5.87. The average Bonchev–Trinajstić information content (AvgIpc) is 3.84. The quantitative estimate of drug-likeness (QED) is 0.175. The number of benzene rings is 8. The van der Waals surface area contributed by atoms with Crippen molar-refractivity contribution in [2.75, 3.05) is 0 Å². The molecular weight excluding hydrogens is 641 g/mol. The summed E-state index contributed by atoms with van der Waals surface area (Å²) in [4.78, 5) is 0. The third kappa shape index (κ3) is 4.04. The lowest BCUT2D eigenvalue weighted by molar-refractivity contribution is 0.577. The smallest absolute Gasteiger partial charge is 0.136 e. The highest BCUT2D eigenvalue weighted by Crippen LogP contribution is 2.47. The van der Waals surface area contributed by atoms with E-state index in [1.807, 2.05) is 35.6 Å². The molecule has 3 heteroatoms. The molecule has 51 heavy (non-hydrogen) atoms. The first-order valence-corrected chi connectivity index (χ1v) is 17.9. The Morgan fingerprint density at radius 2 is 1.16 bits per heavy atom. The van der Waals surface area contributed by atoms with E-state index in [9.17, 15) is 0 Å². The highest BCUT2D eigenvalue weighted by molar-refractivity contribution is 7.26. The molecule has 0 aliphatic heterocycles. The van der Waals surface area contributed by atoms with E-state index in [2.05, 4.69) is 134 Å². The number of para-hydroxylation sites is 2. The monoisotopic (exact) mass is 668 g/mol. The van der Waals surface area contributed by atoms with Crippen molar-refractivity contribution >= 4 is 115 Å². The Labute approximate surface area is 296 Å². The lowest BCUT2D eigenvalue weighted by Crippen LogP contribution is -2.18. The van der Waals surface area contributed by atoms with Crippen LogP contribution in [-0.4, -0.2) is 0 Å². The molecule has 2 nitrogen and oxygen atoms in total. The van der Waals surface area contributed by atoms with Crippen molar-refractivity contribution in [3.05, 3.63) is 162 Å². The van der Waals surface area contributed by atoms with E-state index in [0.717, 1.165) is 43.9 Å². The van der Waals surface area contributed by atoms with Gasteiger partial charge in [0.25, 0.3) is 0 Å². The molecule has 11 rings (SSSR count). The zero-order valence-corrected chi connectivity index (χ0v) is 28.3. The third-order valence-corrected chi connectivity index (χ3v) is 11.7. The highest BCUT2D eigenvalue weighted by Gasteiger charge is 2.19. The molecule has 0 saturated heterocycles. The molecule has 238 valence electrons. The molecule has 0 fully saturated rings. The lowest BCUT2D eigenvalue weighted by atomic mass is 9.85. The molecule has 0 aliphatic carbocycles. The number of furan rings is 2. The first-order chi connectivity index (χ1) is 25.1. The molecule has 0 unspecified atom stereocenters. The summed E-state index contributed by atoms with van der Waals surface area (Å²) in [6, 6.07) is 49.8. The zero-order chi connectivity index (χ0) is 33.8. The van der Waals surface area contributed by atoms with Gasteiger partial charge in [-0.25, -0.2) is 0 Å². The fourth-order valence-corrected chi connectivity index (χ4v) is 9.56. The maximum Gasteiger partial charge on any atom is 0.136 e. The first kappa shape index (κ1) is 28.4. The summed E-state index contributed by atoms with van der Waals surface area (Å²) >= 11 is 1.87. The Hall–Kier alpha value is -6.42. The third-order valence-electron chi connectivity index (χ3n) is 10.5.